The highest BCUT2D eigenvalue weighted by molar-refractivity contribution is 5.92. The fourth-order valence-corrected chi connectivity index (χ4v) is 3.07. The van der Waals surface area contributed by atoms with Gasteiger partial charge in [-0.25, -0.2) is 9.67 Å². The van der Waals surface area contributed by atoms with E-state index in [0.29, 0.717) is 18.1 Å². The molecule has 1 amide bonds. The molecule has 0 saturated carbocycles. The van der Waals surface area contributed by atoms with Gasteiger partial charge in [-0.15, -0.1) is 0 Å². The molecule has 1 aromatic heterocycles. The number of hydrogen-bond acceptors (Lipinski definition) is 5. The van der Waals surface area contributed by atoms with Crippen LogP contribution in [0.4, 0.5) is 0 Å². The lowest BCUT2D eigenvalue weighted by atomic mass is 10.1. The third-order valence-electron chi connectivity index (χ3n) is 5.06. The molecule has 0 bridgehead atoms. The third kappa shape index (κ3) is 5.51. The molecule has 7 heteroatoms. The van der Waals surface area contributed by atoms with Crippen LogP contribution < -0.4 is 9.47 Å². The number of carbonyl (C=O) groups is 1. The zero-order chi connectivity index (χ0) is 22.2. The van der Waals surface area contributed by atoms with Crippen LogP contribution in [0.5, 0.6) is 11.5 Å². The maximum absolute atomic E-state index is 12.7. The summed E-state index contributed by atoms with van der Waals surface area (Å²) in [4.78, 5) is 18.4. The largest absolute Gasteiger partial charge is 0.493 e. The normalized spacial score (nSPS) is 12.0. The first-order chi connectivity index (χ1) is 15.0. The van der Waals surface area contributed by atoms with Crippen LogP contribution in [-0.4, -0.2) is 46.3 Å². The van der Waals surface area contributed by atoms with Crippen molar-refractivity contribution in [3.8, 4) is 17.2 Å². The summed E-state index contributed by atoms with van der Waals surface area (Å²) in [6.07, 6.45) is 7.42. The van der Waals surface area contributed by atoms with Gasteiger partial charge in [0.05, 0.1) is 25.4 Å². The minimum absolute atomic E-state index is 0.0821. The Labute approximate surface area is 182 Å². The van der Waals surface area contributed by atoms with Gasteiger partial charge in [-0.05, 0) is 54.8 Å². The van der Waals surface area contributed by atoms with Crippen molar-refractivity contribution in [2.75, 3.05) is 20.8 Å². The second kappa shape index (κ2) is 10.4. The molecule has 0 spiro atoms. The van der Waals surface area contributed by atoms with Crippen molar-refractivity contribution in [1.29, 1.82) is 0 Å². The predicted molar refractivity (Wildman–Crippen MR) is 120 cm³/mol. The molecule has 3 rings (SSSR count). The van der Waals surface area contributed by atoms with Gasteiger partial charge in [0, 0.05) is 13.1 Å². The van der Waals surface area contributed by atoms with E-state index in [1.165, 1.54) is 6.33 Å². The number of ether oxygens (including phenoxy) is 2. The Morgan fingerprint density at radius 2 is 1.97 bits per heavy atom. The number of benzene rings is 2. The lowest BCUT2D eigenvalue weighted by Gasteiger charge is -2.24. The number of rotatable bonds is 9. The van der Waals surface area contributed by atoms with E-state index in [2.05, 4.69) is 17.0 Å². The molecular formula is C24H28N4O3. The van der Waals surface area contributed by atoms with Crippen molar-refractivity contribution in [2.45, 2.75) is 26.3 Å². The van der Waals surface area contributed by atoms with Crippen LogP contribution in [0.3, 0.4) is 0 Å². The SMILES string of the molecule is CCCOc1ccc(/C=C/C(=O)N(C)[C@@H](C)c2ccc(-n3cncn3)cc2)cc1OC. The summed E-state index contributed by atoms with van der Waals surface area (Å²) in [5, 5.41) is 4.12. The average Bonchev–Trinajstić information content (AvgIpc) is 3.35. The summed E-state index contributed by atoms with van der Waals surface area (Å²) >= 11 is 0. The first-order valence-corrected chi connectivity index (χ1v) is 10.2. The second-order valence-corrected chi connectivity index (χ2v) is 7.15. The van der Waals surface area contributed by atoms with Gasteiger partial charge in [-0.3, -0.25) is 4.79 Å². The van der Waals surface area contributed by atoms with Gasteiger partial charge in [0.15, 0.2) is 11.5 Å². The maximum Gasteiger partial charge on any atom is 0.246 e. The van der Waals surface area contributed by atoms with Crippen molar-refractivity contribution in [3.63, 3.8) is 0 Å². The summed E-state index contributed by atoms with van der Waals surface area (Å²) in [6.45, 7) is 4.68. The third-order valence-corrected chi connectivity index (χ3v) is 5.06. The fourth-order valence-electron chi connectivity index (χ4n) is 3.07. The van der Waals surface area contributed by atoms with E-state index >= 15 is 0 Å². The van der Waals surface area contributed by atoms with E-state index in [1.54, 1.807) is 42.2 Å². The van der Waals surface area contributed by atoms with Gasteiger partial charge in [-0.1, -0.05) is 25.1 Å². The lowest BCUT2D eigenvalue weighted by Crippen LogP contribution is -2.27. The minimum Gasteiger partial charge on any atom is -0.493 e. The molecule has 162 valence electrons. The van der Waals surface area contributed by atoms with Crippen molar-refractivity contribution in [2.24, 2.45) is 0 Å². The summed E-state index contributed by atoms with van der Waals surface area (Å²) in [6, 6.07) is 13.5. The van der Waals surface area contributed by atoms with Crippen LogP contribution in [0.15, 0.2) is 61.2 Å². The zero-order valence-electron chi connectivity index (χ0n) is 18.4. The molecule has 31 heavy (non-hydrogen) atoms. The molecule has 0 aliphatic heterocycles. The standard InChI is InChI=1S/C24H28N4O3/c1-5-14-31-22-12-6-19(15-23(22)30-4)7-13-24(29)27(3)18(2)20-8-10-21(11-9-20)28-17-25-16-26-28/h6-13,15-18H,5,14H2,1-4H3/b13-7+/t18-/m0/s1. The molecule has 0 aliphatic carbocycles. The maximum atomic E-state index is 12.7. The average molecular weight is 421 g/mol. The number of carbonyl (C=O) groups excluding carboxylic acids is 1. The molecule has 0 radical (unpaired) electrons. The molecular weight excluding hydrogens is 392 g/mol. The Morgan fingerprint density at radius 1 is 1.19 bits per heavy atom. The van der Waals surface area contributed by atoms with Gasteiger partial charge in [-0.2, -0.15) is 5.10 Å². The molecule has 7 nitrogen and oxygen atoms in total. The zero-order valence-corrected chi connectivity index (χ0v) is 18.4. The van der Waals surface area contributed by atoms with E-state index < -0.39 is 0 Å². The minimum atomic E-state index is -0.0851. The fraction of sp³-hybridized carbons (Fsp3) is 0.292. The van der Waals surface area contributed by atoms with Gasteiger partial charge in [0.2, 0.25) is 5.91 Å². The highest BCUT2D eigenvalue weighted by Gasteiger charge is 2.15. The van der Waals surface area contributed by atoms with Crippen molar-refractivity contribution in [3.05, 3.63) is 72.3 Å². The highest BCUT2D eigenvalue weighted by atomic mass is 16.5. The first-order valence-electron chi connectivity index (χ1n) is 10.2. The van der Waals surface area contributed by atoms with E-state index in [1.807, 2.05) is 49.4 Å². The lowest BCUT2D eigenvalue weighted by molar-refractivity contribution is -0.126. The van der Waals surface area contributed by atoms with Crippen LogP contribution in [0.2, 0.25) is 0 Å². The Kier molecular flexibility index (Phi) is 7.43. The van der Waals surface area contributed by atoms with Crippen molar-refractivity contribution < 1.29 is 14.3 Å². The van der Waals surface area contributed by atoms with Crippen LogP contribution >= 0.6 is 0 Å². The number of amides is 1. The summed E-state index contributed by atoms with van der Waals surface area (Å²) in [7, 11) is 3.40. The molecule has 3 aromatic rings. The molecule has 0 unspecified atom stereocenters. The highest BCUT2D eigenvalue weighted by Crippen LogP contribution is 2.29. The van der Waals surface area contributed by atoms with Gasteiger partial charge in [0.25, 0.3) is 0 Å². The van der Waals surface area contributed by atoms with Crippen molar-refractivity contribution >= 4 is 12.0 Å². The Bertz CT molecular complexity index is 1010. The summed E-state index contributed by atoms with van der Waals surface area (Å²) in [5.41, 5.74) is 2.82. The number of nitrogens with zero attached hydrogens (tertiary/aromatic N) is 4. The van der Waals surface area contributed by atoms with Gasteiger partial charge in [0.1, 0.15) is 12.7 Å². The topological polar surface area (TPSA) is 69.5 Å². The summed E-state index contributed by atoms with van der Waals surface area (Å²) < 4.78 is 12.8. The van der Waals surface area contributed by atoms with E-state index in [0.717, 1.165) is 23.2 Å². The van der Waals surface area contributed by atoms with Crippen molar-refractivity contribution in [1.82, 2.24) is 19.7 Å². The monoisotopic (exact) mass is 420 g/mol. The quantitative estimate of drug-likeness (QED) is 0.483. The summed E-state index contributed by atoms with van der Waals surface area (Å²) in [5.74, 6) is 1.27. The van der Waals surface area contributed by atoms with Gasteiger partial charge < -0.3 is 14.4 Å². The Hall–Kier alpha value is -3.61. The Balaban J connectivity index is 1.66. The number of hydrogen-bond donors (Lipinski definition) is 0. The van der Waals surface area contributed by atoms with E-state index in [4.69, 9.17) is 9.47 Å². The van der Waals surface area contributed by atoms with E-state index in [-0.39, 0.29) is 11.9 Å². The second-order valence-electron chi connectivity index (χ2n) is 7.15. The number of aromatic nitrogens is 3. The number of likely N-dealkylation sites (N-methyl/N-ethyl adjacent to an activating group) is 1. The smallest absolute Gasteiger partial charge is 0.246 e. The first kappa shape index (κ1) is 22.1. The van der Waals surface area contributed by atoms with Crippen LogP contribution in [-0.2, 0) is 4.79 Å². The van der Waals surface area contributed by atoms with Gasteiger partial charge >= 0.3 is 0 Å². The van der Waals surface area contributed by atoms with Crippen LogP contribution in [0.25, 0.3) is 11.8 Å². The Morgan fingerprint density at radius 3 is 2.61 bits per heavy atom. The molecule has 1 atom stereocenters. The number of methoxy groups -OCH3 is 1. The van der Waals surface area contributed by atoms with Crippen LogP contribution in [0, 0.1) is 0 Å². The molecule has 0 fully saturated rings. The predicted octanol–water partition coefficient (Wildman–Crippen LogP) is 4.30. The molecule has 0 saturated heterocycles. The molecule has 0 aliphatic rings. The van der Waals surface area contributed by atoms with E-state index in [9.17, 15) is 4.79 Å². The molecule has 2 aromatic carbocycles. The van der Waals surface area contributed by atoms with Crippen LogP contribution in [0.1, 0.15) is 37.4 Å². The molecule has 1 heterocycles. The molecule has 0 N–H and O–H groups in total.